The molecule has 0 bridgehead atoms. The van der Waals surface area contributed by atoms with Crippen LogP contribution in [0.25, 0.3) is 0 Å². The third kappa shape index (κ3) is 15.2. The number of esters is 1. The van der Waals surface area contributed by atoms with Crippen molar-refractivity contribution < 1.29 is 42.8 Å². The summed E-state index contributed by atoms with van der Waals surface area (Å²) in [5.74, 6) is 2.93. The first-order valence-corrected chi connectivity index (χ1v) is 20.1. The van der Waals surface area contributed by atoms with Crippen molar-refractivity contribution in [3.8, 4) is 5.75 Å². The zero-order valence-corrected chi connectivity index (χ0v) is 32.7. The fourth-order valence-corrected chi connectivity index (χ4v) is 8.52. The highest BCUT2D eigenvalue weighted by molar-refractivity contribution is 5.69. The van der Waals surface area contributed by atoms with E-state index in [4.69, 9.17) is 9.47 Å². The highest BCUT2D eigenvalue weighted by Crippen LogP contribution is 2.41. The standard InChI is InChI=1S/C43H69F3O6/c1-7-30(6)35(9-3)37(11-5)36(10-4)31(8-2)19-16-17-26-51-42(50)23-15-13-12-14-22-38-39(41(49)28-40(38)48)25-24-33(47)29-52-34-21-18-20-32(27-34)43(44,45)46/h12,14,18,20-21,24-25,27,30-31,33,35-41,47-49H,7-11,13,15-17,19,22-23,26,28-29H2,1-6H3/b14-12-,25-24+/t30?,31?,33-,35?,36?,37?,38-,39-,40+,41-/m1/s1. The van der Waals surface area contributed by atoms with Gasteiger partial charge in [-0.15, -0.1) is 0 Å². The second-order valence-electron chi connectivity index (χ2n) is 15.0. The van der Waals surface area contributed by atoms with E-state index in [-0.39, 0.29) is 30.7 Å². The lowest BCUT2D eigenvalue weighted by Crippen LogP contribution is -2.31. The summed E-state index contributed by atoms with van der Waals surface area (Å²) in [6, 6.07) is 4.45. The second kappa shape index (κ2) is 24.1. The molecule has 6 nitrogen and oxygen atoms in total. The van der Waals surface area contributed by atoms with Gasteiger partial charge in [-0.25, -0.2) is 0 Å². The Bertz CT molecular complexity index is 1190. The number of carbonyl (C=O) groups excluding carboxylic acids is 1. The number of allylic oxidation sites excluding steroid dienone is 2. The van der Waals surface area contributed by atoms with Gasteiger partial charge in [0.05, 0.1) is 24.4 Å². The topological polar surface area (TPSA) is 96.2 Å². The molecule has 52 heavy (non-hydrogen) atoms. The van der Waals surface area contributed by atoms with Crippen LogP contribution in [0.15, 0.2) is 48.6 Å². The Kier molecular flexibility index (Phi) is 21.2. The monoisotopic (exact) mass is 739 g/mol. The van der Waals surface area contributed by atoms with Crippen LogP contribution in [0.5, 0.6) is 5.75 Å². The summed E-state index contributed by atoms with van der Waals surface area (Å²) in [5.41, 5.74) is -0.835. The second-order valence-corrected chi connectivity index (χ2v) is 15.0. The minimum absolute atomic E-state index is 0.00577. The lowest BCUT2D eigenvalue weighted by atomic mass is 9.66. The Morgan fingerprint density at radius 1 is 0.923 bits per heavy atom. The molecule has 1 saturated carbocycles. The Labute approximate surface area is 312 Å². The van der Waals surface area contributed by atoms with E-state index in [2.05, 4.69) is 41.5 Å². The molecule has 0 aliphatic heterocycles. The third-order valence-corrected chi connectivity index (χ3v) is 11.6. The largest absolute Gasteiger partial charge is 0.491 e. The van der Waals surface area contributed by atoms with Crippen molar-refractivity contribution in [2.75, 3.05) is 13.2 Å². The van der Waals surface area contributed by atoms with Gasteiger partial charge in [-0.3, -0.25) is 4.79 Å². The van der Waals surface area contributed by atoms with Gasteiger partial charge in [-0.05, 0) is 85.8 Å². The van der Waals surface area contributed by atoms with E-state index < -0.39 is 36.0 Å². The molecule has 2 rings (SSSR count). The van der Waals surface area contributed by atoms with Crippen molar-refractivity contribution in [3.05, 3.63) is 54.1 Å². The van der Waals surface area contributed by atoms with E-state index in [1.54, 1.807) is 6.08 Å². The average Bonchev–Trinajstić information content (AvgIpc) is 3.39. The molecule has 0 amide bonds. The Hall–Kier alpha value is -2.36. The number of halogens is 3. The van der Waals surface area contributed by atoms with E-state index in [0.717, 1.165) is 48.6 Å². The van der Waals surface area contributed by atoms with Gasteiger partial charge in [0.15, 0.2) is 0 Å². The lowest BCUT2D eigenvalue weighted by Gasteiger charge is -2.39. The summed E-state index contributed by atoms with van der Waals surface area (Å²) in [5, 5.41) is 31.4. The molecule has 10 atom stereocenters. The van der Waals surface area contributed by atoms with Crippen molar-refractivity contribution in [2.45, 2.75) is 150 Å². The molecule has 298 valence electrons. The highest BCUT2D eigenvalue weighted by Gasteiger charge is 2.39. The van der Waals surface area contributed by atoms with Gasteiger partial charge in [-0.2, -0.15) is 13.2 Å². The number of aliphatic hydroxyl groups excluding tert-OH is 3. The van der Waals surface area contributed by atoms with Crippen LogP contribution in [0.4, 0.5) is 13.2 Å². The minimum atomic E-state index is -4.49. The summed E-state index contributed by atoms with van der Waals surface area (Å²) in [4.78, 5) is 12.4. The number of alkyl halides is 3. The Morgan fingerprint density at radius 3 is 2.27 bits per heavy atom. The maximum atomic E-state index is 12.9. The molecule has 0 spiro atoms. The molecule has 1 aromatic rings. The van der Waals surface area contributed by atoms with Crippen molar-refractivity contribution >= 4 is 5.97 Å². The number of aliphatic hydroxyl groups is 3. The van der Waals surface area contributed by atoms with E-state index in [1.807, 2.05) is 12.2 Å². The Morgan fingerprint density at radius 2 is 1.63 bits per heavy atom. The predicted molar refractivity (Wildman–Crippen MR) is 203 cm³/mol. The molecule has 0 radical (unpaired) electrons. The van der Waals surface area contributed by atoms with Gasteiger partial charge < -0.3 is 24.8 Å². The van der Waals surface area contributed by atoms with Gasteiger partial charge in [-0.1, -0.05) is 110 Å². The number of carbonyl (C=O) groups is 1. The fourth-order valence-electron chi connectivity index (χ4n) is 8.52. The van der Waals surface area contributed by atoms with Gasteiger partial charge in [0, 0.05) is 18.8 Å². The van der Waals surface area contributed by atoms with Crippen LogP contribution in [-0.4, -0.2) is 52.8 Å². The van der Waals surface area contributed by atoms with Crippen LogP contribution >= 0.6 is 0 Å². The van der Waals surface area contributed by atoms with E-state index in [9.17, 15) is 33.3 Å². The molecule has 1 fully saturated rings. The first-order valence-electron chi connectivity index (χ1n) is 20.1. The molecule has 9 heteroatoms. The van der Waals surface area contributed by atoms with E-state index in [1.165, 1.54) is 56.7 Å². The zero-order chi connectivity index (χ0) is 38.7. The van der Waals surface area contributed by atoms with Gasteiger partial charge >= 0.3 is 12.1 Å². The number of benzene rings is 1. The van der Waals surface area contributed by atoms with E-state index >= 15 is 0 Å². The first kappa shape index (κ1) is 45.8. The van der Waals surface area contributed by atoms with Crippen LogP contribution in [0.1, 0.15) is 131 Å². The maximum Gasteiger partial charge on any atom is 0.416 e. The zero-order valence-electron chi connectivity index (χ0n) is 32.7. The molecular formula is C43H69F3O6. The van der Waals surface area contributed by atoms with E-state index in [0.29, 0.717) is 38.2 Å². The normalized spacial score (nSPS) is 23.1. The molecular weight excluding hydrogens is 669 g/mol. The quantitative estimate of drug-likeness (QED) is 0.0525. The van der Waals surface area contributed by atoms with Gasteiger partial charge in [0.25, 0.3) is 0 Å². The molecule has 1 aliphatic rings. The lowest BCUT2D eigenvalue weighted by molar-refractivity contribution is -0.144. The predicted octanol–water partition coefficient (Wildman–Crippen LogP) is 10.3. The molecule has 0 aromatic heterocycles. The fraction of sp³-hybridized carbons (Fsp3) is 0.744. The average molecular weight is 739 g/mol. The van der Waals surface area contributed by atoms with Crippen molar-refractivity contribution in [1.29, 1.82) is 0 Å². The SMILES string of the molecule is CCC(C)C(CC)C(CC)C(CC)C(CC)CCCCOC(=O)CCC/C=C\C[C@@H]1[C@@H](/C=C/[C@@H](O)COc2cccc(C(F)(F)F)c2)[C@H](O)C[C@@H]1O. The minimum Gasteiger partial charge on any atom is -0.491 e. The summed E-state index contributed by atoms with van der Waals surface area (Å²) in [7, 11) is 0. The summed E-state index contributed by atoms with van der Waals surface area (Å²) in [6.45, 7) is 14.4. The van der Waals surface area contributed by atoms with Crippen molar-refractivity contribution in [2.24, 2.45) is 41.4 Å². The molecule has 1 aromatic carbocycles. The van der Waals surface area contributed by atoms with Gasteiger partial charge in [0.1, 0.15) is 18.5 Å². The van der Waals surface area contributed by atoms with Crippen LogP contribution in [-0.2, 0) is 15.7 Å². The van der Waals surface area contributed by atoms with Gasteiger partial charge in [0.2, 0.25) is 0 Å². The summed E-state index contributed by atoms with van der Waals surface area (Å²) < 4.78 is 49.7. The number of ether oxygens (including phenoxy) is 2. The highest BCUT2D eigenvalue weighted by atomic mass is 19.4. The molecule has 3 N–H and O–H groups in total. The molecule has 0 saturated heterocycles. The van der Waals surface area contributed by atoms with Crippen LogP contribution in [0.3, 0.4) is 0 Å². The maximum absolute atomic E-state index is 12.9. The molecule has 5 unspecified atom stereocenters. The molecule has 1 aliphatic carbocycles. The van der Waals surface area contributed by atoms with Crippen LogP contribution in [0.2, 0.25) is 0 Å². The molecule has 0 heterocycles. The first-order chi connectivity index (χ1) is 24.8. The smallest absolute Gasteiger partial charge is 0.416 e. The van der Waals surface area contributed by atoms with Crippen molar-refractivity contribution in [3.63, 3.8) is 0 Å². The number of rotatable bonds is 25. The number of unbranched alkanes of at least 4 members (excludes halogenated alkanes) is 2. The van der Waals surface area contributed by atoms with Crippen LogP contribution in [0, 0.1) is 41.4 Å². The Balaban J connectivity index is 1.71. The van der Waals surface area contributed by atoms with Crippen molar-refractivity contribution in [1.82, 2.24) is 0 Å². The summed E-state index contributed by atoms with van der Waals surface area (Å²) >= 11 is 0. The number of hydrogen-bond donors (Lipinski definition) is 3. The summed E-state index contributed by atoms with van der Waals surface area (Å²) in [6.07, 6.45) is 11.7. The number of hydrogen-bond acceptors (Lipinski definition) is 6. The van der Waals surface area contributed by atoms with Crippen LogP contribution < -0.4 is 4.74 Å². The third-order valence-electron chi connectivity index (χ3n) is 11.6.